The van der Waals surface area contributed by atoms with E-state index in [0.29, 0.717) is 0 Å². The van der Waals surface area contributed by atoms with Crippen molar-refractivity contribution in [2.75, 3.05) is 0 Å². The SMILES string of the molecule is C=C=C(CCC)CCC. The van der Waals surface area contributed by atoms with E-state index < -0.39 is 0 Å². The molecule has 0 aromatic carbocycles. The molecule has 0 bridgehead atoms. The standard InChI is InChI=1S/C9H16/c1-4-7-9(6-3)8-5-2/h3-5,7-8H2,1-2H3. The van der Waals surface area contributed by atoms with Gasteiger partial charge >= 0.3 is 0 Å². The largest absolute Gasteiger partial charge is 0.130 e. The molecular weight excluding hydrogens is 108 g/mol. The zero-order valence-corrected chi connectivity index (χ0v) is 6.54. The van der Waals surface area contributed by atoms with Crippen LogP contribution in [0, 0.1) is 0 Å². The normalized spacial score (nSPS) is 8.67. The van der Waals surface area contributed by atoms with Crippen LogP contribution in [-0.4, -0.2) is 0 Å². The summed E-state index contributed by atoms with van der Waals surface area (Å²) in [6.45, 7) is 8.01. The van der Waals surface area contributed by atoms with Gasteiger partial charge in [0.05, 0.1) is 0 Å². The molecule has 0 radical (unpaired) electrons. The summed E-state index contributed by atoms with van der Waals surface area (Å²) >= 11 is 0. The first-order chi connectivity index (χ1) is 4.35. The third-order valence-corrected chi connectivity index (χ3v) is 1.35. The predicted octanol–water partition coefficient (Wildman–Crippen LogP) is 3.30. The van der Waals surface area contributed by atoms with Crippen molar-refractivity contribution in [2.45, 2.75) is 39.5 Å². The van der Waals surface area contributed by atoms with Gasteiger partial charge in [0.2, 0.25) is 0 Å². The molecule has 52 valence electrons. The molecule has 0 N–H and O–H groups in total. The third-order valence-electron chi connectivity index (χ3n) is 1.35. The van der Waals surface area contributed by atoms with E-state index in [0.717, 1.165) is 0 Å². The summed E-state index contributed by atoms with van der Waals surface area (Å²) in [5.41, 5.74) is 4.36. The highest BCUT2D eigenvalue weighted by Crippen LogP contribution is 2.08. The molecule has 0 fully saturated rings. The maximum absolute atomic E-state index is 3.64. The average Bonchev–Trinajstić information content (AvgIpc) is 1.88. The Morgan fingerprint density at radius 2 is 1.67 bits per heavy atom. The molecule has 0 heterocycles. The van der Waals surface area contributed by atoms with Gasteiger partial charge in [0, 0.05) is 0 Å². The van der Waals surface area contributed by atoms with E-state index >= 15 is 0 Å². The van der Waals surface area contributed by atoms with Gasteiger partial charge in [-0.1, -0.05) is 33.3 Å². The summed E-state index contributed by atoms with van der Waals surface area (Å²) in [5.74, 6) is 0. The van der Waals surface area contributed by atoms with Crippen molar-refractivity contribution in [1.82, 2.24) is 0 Å². The first-order valence-corrected chi connectivity index (χ1v) is 3.72. The highest BCUT2D eigenvalue weighted by molar-refractivity contribution is 4.97. The minimum Gasteiger partial charge on any atom is -0.130 e. The van der Waals surface area contributed by atoms with Gasteiger partial charge in [-0.05, 0) is 18.4 Å². The van der Waals surface area contributed by atoms with Crippen LogP contribution in [0.25, 0.3) is 0 Å². The Hall–Kier alpha value is -0.480. The van der Waals surface area contributed by atoms with E-state index in [1.165, 1.54) is 31.3 Å². The predicted molar refractivity (Wildman–Crippen MR) is 42.5 cm³/mol. The number of rotatable bonds is 4. The fraction of sp³-hybridized carbons (Fsp3) is 0.667. The molecule has 0 saturated heterocycles. The third kappa shape index (κ3) is 4.05. The van der Waals surface area contributed by atoms with Crippen molar-refractivity contribution in [2.24, 2.45) is 0 Å². The quantitative estimate of drug-likeness (QED) is 0.504. The molecule has 0 heteroatoms. The second-order valence-electron chi connectivity index (χ2n) is 2.28. The molecule has 0 aliphatic heterocycles. The van der Waals surface area contributed by atoms with E-state index in [-0.39, 0.29) is 0 Å². The molecule has 0 rings (SSSR count). The van der Waals surface area contributed by atoms with Gasteiger partial charge in [0.15, 0.2) is 0 Å². The molecule has 0 aromatic heterocycles. The first-order valence-electron chi connectivity index (χ1n) is 3.72. The smallest absolute Gasteiger partial charge is 0.0247 e. The van der Waals surface area contributed by atoms with Gasteiger partial charge in [-0.25, -0.2) is 0 Å². The lowest BCUT2D eigenvalue weighted by Gasteiger charge is -1.97. The second-order valence-corrected chi connectivity index (χ2v) is 2.28. The highest BCUT2D eigenvalue weighted by Gasteiger charge is 1.90. The summed E-state index contributed by atoms with van der Waals surface area (Å²) in [7, 11) is 0. The zero-order valence-electron chi connectivity index (χ0n) is 6.54. The van der Waals surface area contributed by atoms with Crippen molar-refractivity contribution in [3.8, 4) is 0 Å². The molecule has 0 aliphatic carbocycles. The van der Waals surface area contributed by atoms with Crippen LogP contribution in [0.4, 0.5) is 0 Å². The summed E-state index contributed by atoms with van der Waals surface area (Å²) in [6, 6.07) is 0. The molecule has 0 nitrogen and oxygen atoms in total. The Balaban J connectivity index is 3.57. The second kappa shape index (κ2) is 5.65. The van der Waals surface area contributed by atoms with E-state index in [2.05, 4.69) is 26.2 Å². The lowest BCUT2D eigenvalue weighted by molar-refractivity contribution is 0.806. The lowest BCUT2D eigenvalue weighted by Crippen LogP contribution is -1.78. The van der Waals surface area contributed by atoms with E-state index in [1.807, 2.05) is 0 Å². The van der Waals surface area contributed by atoms with Gasteiger partial charge in [0.1, 0.15) is 0 Å². The molecule has 0 amide bonds. The van der Waals surface area contributed by atoms with Crippen molar-refractivity contribution in [3.63, 3.8) is 0 Å². The summed E-state index contributed by atoms with van der Waals surface area (Å²) < 4.78 is 0. The van der Waals surface area contributed by atoms with Crippen LogP contribution in [0.1, 0.15) is 39.5 Å². The monoisotopic (exact) mass is 124 g/mol. The lowest BCUT2D eigenvalue weighted by atomic mass is 10.1. The van der Waals surface area contributed by atoms with Crippen LogP contribution < -0.4 is 0 Å². The molecule has 0 spiro atoms. The Bertz CT molecular complexity index is 97.2. The van der Waals surface area contributed by atoms with Crippen LogP contribution in [0.5, 0.6) is 0 Å². The summed E-state index contributed by atoms with van der Waals surface area (Å²) in [6.07, 6.45) is 4.80. The fourth-order valence-corrected chi connectivity index (χ4v) is 0.905. The highest BCUT2D eigenvalue weighted by atomic mass is 13.9. The molecular formula is C9H16. The first kappa shape index (κ1) is 8.52. The van der Waals surface area contributed by atoms with Crippen LogP contribution in [0.15, 0.2) is 17.9 Å². The number of allylic oxidation sites excluding steroid dienone is 1. The Morgan fingerprint density at radius 1 is 1.22 bits per heavy atom. The van der Waals surface area contributed by atoms with Gasteiger partial charge in [-0.3, -0.25) is 0 Å². The molecule has 0 aromatic rings. The van der Waals surface area contributed by atoms with Gasteiger partial charge < -0.3 is 0 Å². The van der Waals surface area contributed by atoms with Crippen LogP contribution in [0.2, 0.25) is 0 Å². The van der Waals surface area contributed by atoms with Crippen LogP contribution in [-0.2, 0) is 0 Å². The summed E-state index contributed by atoms with van der Waals surface area (Å²) in [4.78, 5) is 0. The fourth-order valence-electron chi connectivity index (χ4n) is 0.905. The van der Waals surface area contributed by atoms with E-state index in [9.17, 15) is 0 Å². The molecule has 0 saturated carbocycles. The van der Waals surface area contributed by atoms with Gasteiger partial charge in [-0.15, -0.1) is 5.73 Å². The number of hydrogen-bond acceptors (Lipinski definition) is 0. The average molecular weight is 124 g/mol. The van der Waals surface area contributed by atoms with Crippen LogP contribution >= 0.6 is 0 Å². The Morgan fingerprint density at radius 3 is 1.89 bits per heavy atom. The summed E-state index contributed by atoms with van der Waals surface area (Å²) in [5, 5.41) is 0. The van der Waals surface area contributed by atoms with E-state index in [4.69, 9.17) is 0 Å². The molecule has 0 aliphatic rings. The molecule has 0 atom stereocenters. The van der Waals surface area contributed by atoms with Crippen molar-refractivity contribution < 1.29 is 0 Å². The maximum Gasteiger partial charge on any atom is -0.0247 e. The molecule has 9 heavy (non-hydrogen) atoms. The van der Waals surface area contributed by atoms with Gasteiger partial charge in [-0.2, -0.15) is 0 Å². The van der Waals surface area contributed by atoms with Crippen LogP contribution in [0.3, 0.4) is 0 Å². The van der Waals surface area contributed by atoms with Crippen molar-refractivity contribution in [1.29, 1.82) is 0 Å². The Labute approximate surface area is 58.3 Å². The minimum absolute atomic E-state index is 1.18. The van der Waals surface area contributed by atoms with Crippen molar-refractivity contribution >= 4 is 0 Å². The molecule has 0 unspecified atom stereocenters. The van der Waals surface area contributed by atoms with Gasteiger partial charge in [0.25, 0.3) is 0 Å². The minimum atomic E-state index is 1.18. The van der Waals surface area contributed by atoms with Crippen molar-refractivity contribution in [3.05, 3.63) is 17.9 Å². The Kier molecular flexibility index (Phi) is 5.35. The topological polar surface area (TPSA) is 0 Å². The number of hydrogen-bond donors (Lipinski definition) is 0. The maximum atomic E-state index is 3.64. The van der Waals surface area contributed by atoms with E-state index in [1.54, 1.807) is 0 Å². The zero-order chi connectivity index (χ0) is 7.11.